The molecule has 30 heavy (non-hydrogen) atoms. The Kier molecular flexibility index (Phi) is 7.53. The van der Waals surface area contributed by atoms with Crippen molar-refractivity contribution in [2.24, 2.45) is 5.92 Å². The Morgan fingerprint density at radius 2 is 1.77 bits per heavy atom. The highest BCUT2D eigenvalue weighted by atomic mass is 32.2. The maximum atomic E-state index is 12.6. The van der Waals surface area contributed by atoms with Gasteiger partial charge in [0.1, 0.15) is 0 Å². The number of hydrogen-bond acceptors (Lipinski definition) is 3. The molecule has 0 spiro atoms. The van der Waals surface area contributed by atoms with Crippen LogP contribution in [0.5, 0.6) is 0 Å². The topological polar surface area (TPSA) is 57.7 Å². The molecule has 1 aliphatic rings. The summed E-state index contributed by atoms with van der Waals surface area (Å²) >= 11 is 0. The first-order valence-electron chi connectivity index (χ1n) is 10.7. The number of carbonyl (C=O) groups excluding carboxylic acids is 1. The molecule has 0 aromatic heterocycles. The number of aryl methyl sites for hydroxylation is 1. The zero-order valence-corrected chi connectivity index (χ0v) is 18.8. The largest absolute Gasteiger partial charge is 0.343 e. The molecular formula is C24H32N2O3S. The Hall–Kier alpha value is -2.34. The van der Waals surface area contributed by atoms with E-state index in [0.29, 0.717) is 31.0 Å². The maximum absolute atomic E-state index is 12.6. The lowest BCUT2D eigenvalue weighted by molar-refractivity contribution is -0.132. The average Bonchev–Trinajstić information content (AvgIpc) is 2.71. The minimum absolute atomic E-state index is 0.130. The standard InChI is InChI=1S/C24H32N2O3S/c1-20-8-6-11-23(18-20)26(30(2,28)29)15-7-12-24(27)25-16-13-22(14-17-25)19-21-9-4-3-5-10-21/h3-6,8-11,18,22H,7,12-17,19H2,1-2H3. The van der Waals surface area contributed by atoms with Crippen LogP contribution in [0.2, 0.25) is 0 Å². The Labute approximate surface area is 180 Å². The summed E-state index contributed by atoms with van der Waals surface area (Å²) in [5, 5.41) is 0. The van der Waals surface area contributed by atoms with Gasteiger partial charge in [-0.05, 0) is 61.8 Å². The van der Waals surface area contributed by atoms with Gasteiger partial charge in [-0.1, -0.05) is 42.5 Å². The summed E-state index contributed by atoms with van der Waals surface area (Å²) in [6.45, 7) is 3.85. The SMILES string of the molecule is Cc1cccc(N(CCCC(=O)N2CCC(Cc3ccccc3)CC2)S(C)(=O)=O)c1. The van der Waals surface area contributed by atoms with Crippen molar-refractivity contribution in [2.45, 2.75) is 39.0 Å². The number of sulfonamides is 1. The molecule has 5 nitrogen and oxygen atoms in total. The van der Waals surface area contributed by atoms with Gasteiger partial charge >= 0.3 is 0 Å². The number of rotatable bonds is 8. The van der Waals surface area contributed by atoms with E-state index < -0.39 is 10.0 Å². The predicted molar refractivity (Wildman–Crippen MR) is 122 cm³/mol. The smallest absolute Gasteiger partial charge is 0.232 e. The number of piperidine rings is 1. The van der Waals surface area contributed by atoms with Crippen LogP contribution in [-0.4, -0.2) is 45.1 Å². The van der Waals surface area contributed by atoms with Gasteiger partial charge in [0.25, 0.3) is 0 Å². The number of benzene rings is 2. The number of nitrogens with zero attached hydrogens (tertiary/aromatic N) is 2. The normalized spacial score (nSPS) is 15.2. The lowest BCUT2D eigenvalue weighted by atomic mass is 9.90. The van der Waals surface area contributed by atoms with Gasteiger partial charge in [-0.25, -0.2) is 8.42 Å². The Morgan fingerprint density at radius 1 is 1.07 bits per heavy atom. The molecule has 1 fully saturated rings. The van der Waals surface area contributed by atoms with Crippen LogP contribution in [0.25, 0.3) is 0 Å². The quantitative estimate of drug-likeness (QED) is 0.638. The molecular weight excluding hydrogens is 396 g/mol. The number of hydrogen-bond donors (Lipinski definition) is 0. The average molecular weight is 429 g/mol. The van der Waals surface area contributed by atoms with Crippen LogP contribution in [0.3, 0.4) is 0 Å². The first kappa shape index (κ1) is 22.3. The third kappa shape index (κ3) is 6.33. The first-order chi connectivity index (χ1) is 14.3. The number of likely N-dealkylation sites (tertiary alicyclic amines) is 1. The summed E-state index contributed by atoms with van der Waals surface area (Å²) in [6.07, 6.45) is 5.24. The summed E-state index contributed by atoms with van der Waals surface area (Å²) in [5.74, 6) is 0.754. The van der Waals surface area contributed by atoms with E-state index in [0.717, 1.165) is 37.9 Å². The van der Waals surface area contributed by atoms with Crippen molar-refractivity contribution in [2.75, 3.05) is 30.2 Å². The zero-order valence-electron chi connectivity index (χ0n) is 18.0. The van der Waals surface area contributed by atoms with E-state index >= 15 is 0 Å². The van der Waals surface area contributed by atoms with Crippen molar-refractivity contribution >= 4 is 21.6 Å². The first-order valence-corrected chi connectivity index (χ1v) is 12.5. The zero-order chi connectivity index (χ0) is 21.6. The van der Waals surface area contributed by atoms with E-state index in [2.05, 4.69) is 24.3 Å². The lowest BCUT2D eigenvalue weighted by Gasteiger charge is -2.32. The van der Waals surface area contributed by atoms with Crippen LogP contribution in [0.4, 0.5) is 5.69 Å². The highest BCUT2D eigenvalue weighted by molar-refractivity contribution is 7.92. The highest BCUT2D eigenvalue weighted by Gasteiger charge is 2.23. The molecule has 1 heterocycles. The fraction of sp³-hybridized carbons (Fsp3) is 0.458. The van der Waals surface area contributed by atoms with E-state index in [4.69, 9.17) is 0 Å². The van der Waals surface area contributed by atoms with Crippen molar-refractivity contribution < 1.29 is 13.2 Å². The molecule has 0 atom stereocenters. The van der Waals surface area contributed by atoms with Crippen LogP contribution in [0.15, 0.2) is 54.6 Å². The third-order valence-electron chi connectivity index (χ3n) is 5.78. The molecule has 2 aromatic carbocycles. The molecule has 1 aliphatic heterocycles. The van der Waals surface area contributed by atoms with Crippen molar-refractivity contribution in [3.63, 3.8) is 0 Å². The van der Waals surface area contributed by atoms with Gasteiger partial charge < -0.3 is 4.90 Å². The second-order valence-corrected chi connectivity index (χ2v) is 10.2. The van der Waals surface area contributed by atoms with Crippen molar-refractivity contribution in [3.05, 3.63) is 65.7 Å². The monoisotopic (exact) mass is 428 g/mol. The molecule has 6 heteroatoms. The Morgan fingerprint density at radius 3 is 2.40 bits per heavy atom. The van der Waals surface area contributed by atoms with Crippen LogP contribution < -0.4 is 4.31 Å². The van der Waals surface area contributed by atoms with Gasteiger partial charge in [0.05, 0.1) is 11.9 Å². The van der Waals surface area contributed by atoms with Crippen molar-refractivity contribution in [3.8, 4) is 0 Å². The Balaban J connectivity index is 1.47. The molecule has 162 valence electrons. The molecule has 3 rings (SSSR count). The van der Waals surface area contributed by atoms with Crippen LogP contribution in [-0.2, 0) is 21.2 Å². The number of amides is 1. The predicted octanol–water partition coefficient (Wildman–Crippen LogP) is 4.02. The molecule has 0 N–H and O–H groups in total. The molecule has 0 unspecified atom stereocenters. The minimum Gasteiger partial charge on any atom is -0.343 e. The molecule has 0 bridgehead atoms. The third-order valence-corrected chi connectivity index (χ3v) is 6.97. The van der Waals surface area contributed by atoms with Crippen molar-refractivity contribution in [1.29, 1.82) is 0 Å². The van der Waals surface area contributed by atoms with Crippen molar-refractivity contribution in [1.82, 2.24) is 4.90 Å². The summed E-state index contributed by atoms with van der Waals surface area (Å²) < 4.78 is 25.9. The number of carbonyl (C=O) groups is 1. The van der Waals surface area contributed by atoms with Crippen LogP contribution in [0, 0.1) is 12.8 Å². The Bertz CT molecular complexity index is 936. The van der Waals surface area contributed by atoms with E-state index in [1.54, 1.807) is 6.07 Å². The van der Waals surface area contributed by atoms with E-state index in [9.17, 15) is 13.2 Å². The summed E-state index contributed by atoms with van der Waals surface area (Å²) in [6, 6.07) is 18.0. The van der Waals surface area contributed by atoms with E-state index in [1.165, 1.54) is 16.1 Å². The maximum Gasteiger partial charge on any atom is 0.232 e. The summed E-state index contributed by atoms with van der Waals surface area (Å²) in [5.41, 5.74) is 3.03. The second-order valence-electron chi connectivity index (χ2n) is 8.29. The number of anilines is 1. The van der Waals surface area contributed by atoms with Crippen LogP contribution >= 0.6 is 0 Å². The highest BCUT2D eigenvalue weighted by Crippen LogP contribution is 2.23. The molecule has 1 saturated heterocycles. The lowest BCUT2D eigenvalue weighted by Crippen LogP contribution is -2.39. The van der Waals surface area contributed by atoms with Gasteiger partial charge in [0.15, 0.2) is 0 Å². The summed E-state index contributed by atoms with van der Waals surface area (Å²) in [4.78, 5) is 14.6. The van der Waals surface area contributed by atoms with Gasteiger partial charge in [-0.2, -0.15) is 0 Å². The van der Waals surface area contributed by atoms with Gasteiger partial charge in [-0.3, -0.25) is 9.10 Å². The van der Waals surface area contributed by atoms with Gasteiger partial charge in [0, 0.05) is 26.1 Å². The minimum atomic E-state index is -3.39. The summed E-state index contributed by atoms with van der Waals surface area (Å²) in [7, 11) is -3.39. The second kappa shape index (κ2) is 10.1. The van der Waals surface area contributed by atoms with E-state index in [-0.39, 0.29) is 5.91 Å². The molecule has 1 amide bonds. The fourth-order valence-corrected chi connectivity index (χ4v) is 5.09. The van der Waals surface area contributed by atoms with Crippen LogP contribution in [0.1, 0.15) is 36.8 Å². The molecule has 0 radical (unpaired) electrons. The molecule has 0 aliphatic carbocycles. The molecule has 2 aromatic rings. The van der Waals surface area contributed by atoms with Gasteiger partial charge in [0.2, 0.25) is 15.9 Å². The van der Waals surface area contributed by atoms with Gasteiger partial charge in [-0.15, -0.1) is 0 Å². The molecule has 0 saturated carbocycles. The fourth-order valence-electron chi connectivity index (χ4n) is 4.14. The van der Waals surface area contributed by atoms with E-state index in [1.807, 2.05) is 36.1 Å².